The highest BCUT2D eigenvalue weighted by molar-refractivity contribution is 5.52. The molecule has 1 saturated carbocycles. The van der Waals surface area contributed by atoms with Crippen LogP contribution < -0.4 is 15.2 Å². The van der Waals surface area contributed by atoms with Crippen molar-refractivity contribution in [2.45, 2.75) is 56.8 Å². The zero-order valence-electron chi connectivity index (χ0n) is 13.7. The van der Waals surface area contributed by atoms with Crippen LogP contribution >= 0.6 is 0 Å². The van der Waals surface area contributed by atoms with E-state index >= 15 is 0 Å². The Bertz CT molecular complexity index is 563. The molecule has 0 aromatic heterocycles. The van der Waals surface area contributed by atoms with Crippen molar-refractivity contribution in [2.24, 2.45) is 5.73 Å². The van der Waals surface area contributed by atoms with Crippen molar-refractivity contribution < 1.29 is 18.3 Å². The number of nitrogens with two attached hydrogens (primary N) is 1. The van der Waals surface area contributed by atoms with E-state index in [2.05, 4.69) is 0 Å². The van der Waals surface area contributed by atoms with Crippen LogP contribution in [0.3, 0.4) is 0 Å². The van der Waals surface area contributed by atoms with Gasteiger partial charge in [0.2, 0.25) is 0 Å². The quantitative estimate of drug-likeness (QED) is 0.909. The molecule has 0 spiro atoms. The standard InChI is InChI=1S/C18H25F2NO2/c1-17(19,20)13-10-15-16(23-9-5-8-22-15)11-14(13)18(12-21)6-3-2-4-7-18/h10-11H,2-9,12,21H2,1H3. The molecule has 2 N–H and O–H groups in total. The van der Waals surface area contributed by atoms with E-state index in [-0.39, 0.29) is 11.0 Å². The average Bonchev–Trinajstić information content (AvgIpc) is 2.78. The predicted molar refractivity (Wildman–Crippen MR) is 85.4 cm³/mol. The molecule has 3 nitrogen and oxygen atoms in total. The minimum Gasteiger partial charge on any atom is -0.490 e. The fourth-order valence-corrected chi connectivity index (χ4v) is 3.82. The maximum absolute atomic E-state index is 14.3. The molecule has 1 aliphatic heterocycles. The number of fused-ring (bicyclic) bond motifs is 1. The highest BCUT2D eigenvalue weighted by atomic mass is 19.3. The first-order valence-electron chi connectivity index (χ1n) is 8.49. The number of rotatable bonds is 3. The molecular weight excluding hydrogens is 300 g/mol. The molecule has 5 heteroatoms. The normalized spacial score (nSPS) is 20.9. The summed E-state index contributed by atoms with van der Waals surface area (Å²) in [5.41, 5.74) is 6.38. The molecule has 1 aromatic rings. The number of hydrogen-bond donors (Lipinski definition) is 1. The summed E-state index contributed by atoms with van der Waals surface area (Å²) in [7, 11) is 0. The van der Waals surface area contributed by atoms with E-state index in [1.165, 1.54) is 6.07 Å². The maximum atomic E-state index is 14.3. The maximum Gasteiger partial charge on any atom is 0.270 e. The molecule has 0 radical (unpaired) electrons. The highest BCUT2D eigenvalue weighted by Gasteiger charge is 2.40. The third kappa shape index (κ3) is 3.16. The van der Waals surface area contributed by atoms with Crippen molar-refractivity contribution in [3.63, 3.8) is 0 Å². The van der Waals surface area contributed by atoms with Crippen molar-refractivity contribution >= 4 is 0 Å². The van der Waals surface area contributed by atoms with E-state index in [0.29, 0.717) is 36.8 Å². The van der Waals surface area contributed by atoms with Gasteiger partial charge in [-0.2, -0.15) is 0 Å². The summed E-state index contributed by atoms with van der Waals surface area (Å²) < 4.78 is 40.0. The molecule has 0 amide bonds. The van der Waals surface area contributed by atoms with Crippen LogP contribution in [0.1, 0.15) is 56.6 Å². The first kappa shape index (κ1) is 16.5. The Labute approximate surface area is 136 Å². The molecule has 0 unspecified atom stereocenters. The Morgan fingerprint density at radius 1 is 1.04 bits per heavy atom. The van der Waals surface area contributed by atoms with Gasteiger partial charge in [-0.15, -0.1) is 0 Å². The fourth-order valence-electron chi connectivity index (χ4n) is 3.82. The lowest BCUT2D eigenvalue weighted by Gasteiger charge is -2.39. The average molecular weight is 325 g/mol. The lowest BCUT2D eigenvalue weighted by atomic mass is 9.67. The zero-order chi connectivity index (χ0) is 16.5. The van der Waals surface area contributed by atoms with Crippen LogP contribution in [0.25, 0.3) is 0 Å². The van der Waals surface area contributed by atoms with Gasteiger partial charge in [0.05, 0.1) is 13.2 Å². The SMILES string of the molecule is CC(F)(F)c1cc2c(cc1C1(CN)CCCCC1)OCCCO2. The second kappa shape index (κ2) is 6.27. The summed E-state index contributed by atoms with van der Waals surface area (Å²) in [5.74, 6) is -1.94. The van der Waals surface area contributed by atoms with Gasteiger partial charge < -0.3 is 15.2 Å². The van der Waals surface area contributed by atoms with Crippen LogP contribution in [0.2, 0.25) is 0 Å². The molecule has 0 atom stereocenters. The van der Waals surface area contributed by atoms with E-state index in [0.717, 1.165) is 45.4 Å². The van der Waals surface area contributed by atoms with Crippen LogP contribution in [0.4, 0.5) is 8.78 Å². The smallest absolute Gasteiger partial charge is 0.270 e. The summed E-state index contributed by atoms with van der Waals surface area (Å²) >= 11 is 0. The van der Waals surface area contributed by atoms with Gasteiger partial charge in [-0.25, -0.2) is 8.78 Å². The Hall–Kier alpha value is -1.36. The molecule has 1 aromatic carbocycles. The molecule has 23 heavy (non-hydrogen) atoms. The first-order chi connectivity index (χ1) is 11.0. The van der Waals surface area contributed by atoms with Crippen LogP contribution in [0.5, 0.6) is 11.5 Å². The highest BCUT2D eigenvalue weighted by Crippen LogP contribution is 2.47. The number of ether oxygens (including phenoxy) is 2. The number of hydrogen-bond acceptors (Lipinski definition) is 3. The second-order valence-electron chi connectivity index (χ2n) is 6.83. The number of benzene rings is 1. The topological polar surface area (TPSA) is 44.5 Å². The molecule has 3 rings (SSSR count). The van der Waals surface area contributed by atoms with Crippen LogP contribution in [-0.2, 0) is 11.3 Å². The van der Waals surface area contributed by atoms with Crippen molar-refractivity contribution in [1.82, 2.24) is 0 Å². The van der Waals surface area contributed by atoms with Crippen molar-refractivity contribution in [3.8, 4) is 11.5 Å². The Kier molecular flexibility index (Phi) is 4.50. The van der Waals surface area contributed by atoms with Gasteiger partial charge in [-0.1, -0.05) is 19.3 Å². The summed E-state index contributed by atoms with van der Waals surface area (Å²) in [6.07, 6.45) is 5.66. The largest absolute Gasteiger partial charge is 0.490 e. The molecule has 0 saturated heterocycles. The fraction of sp³-hybridized carbons (Fsp3) is 0.667. The molecule has 128 valence electrons. The molecule has 1 fully saturated rings. The van der Waals surface area contributed by atoms with E-state index in [1.54, 1.807) is 6.07 Å². The van der Waals surface area contributed by atoms with Gasteiger partial charge in [-0.3, -0.25) is 0 Å². The van der Waals surface area contributed by atoms with Gasteiger partial charge in [0.1, 0.15) is 0 Å². The van der Waals surface area contributed by atoms with Gasteiger partial charge >= 0.3 is 0 Å². The molecule has 0 bridgehead atoms. The Morgan fingerprint density at radius 3 is 2.22 bits per heavy atom. The lowest BCUT2D eigenvalue weighted by molar-refractivity contribution is 0.0145. The minimum absolute atomic E-state index is 0.0362. The monoisotopic (exact) mass is 325 g/mol. The Morgan fingerprint density at radius 2 is 1.65 bits per heavy atom. The Balaban J connectivity index is 2.15. The van der Waals surface area contributed by atoms with Crippen molar-refractivity contribution in [1.29, 1.82) is 0 Å². The third-order valence-electron chi connectivity index (χ3n) is 5.13. The third-order valence-corrected chi connectivity index (χ3v) is 5.13. The molecule has 2 aliphatic rings. The zero-order valence-corrected chi connectivity index (χ0v) is 13.7. The van der Waals surface area contributed by atoms with Crippen molar-refractivity contribution in [3.05, 3.63) is 23.3 Å². The molecular formula is C18H25F2NO2. The number of halogens is 2. The second-order valence-corrected chi connectivity index (χ2v) is 6.83. The van der Waals surface area contributed by atoms with Gasteiger partial charge in [0.25, 0.3) is 5.92 Å². The summed E-state index contributed by atoms with van der Waals surface area (Å²) in [5, 5.41) is 0. The van der Waals surface area contributed by atoms with Gasteiger partial charge in [0, 0.05) is 30.9 Å². The van der Waals surface area contributed by atoms with Gasteiger partial charge in [0.15, 0.2) is 11.5 Å². The number of alkyl halides is 2. The van der Waals surface area contributed by atoms with E-state index < -0.39 is 5.92 Å². The summed E-state index contributed by atoms with van der Waals surface area (Å²) in [6, 6.07) is 3.24. The van der Waals surface area contributed by atoms with Crippen molar-refractivity contribution in [2.75, 3.05) is 19.8 Å². The summed E-state index contributed by atoms with van der Waals surface area (Å²) in [4.78, 5) is 0. The van der Waals surface area contributed by atoms with Crippen LogP contribution in [0.15, 0.2) is 12.1 Å². The minimum atomic E-state index is -2.93. The molecule has 1 aliphatic carbocycles. The first-order valence-corrected chi connectivity index (χ1v) is 8.49. The van der Waals surface area contributed by atoms with E-state index in [4.69, 9.17) is 15.2 Å². The van der Waals surface area contributed by atoms with Gasteiger partial charge in [-0.05, 0) is 30.5 Å². The van der Waals surface area contributed by atoms with E-state index in [1.807, 2.05) is 0 Å². The predicted octanol–water partition coefficient (Wildman–Crippen LogP) is 4.12. The van der Waals surface area contributed by atoms with E-state index in [9.17, 15) is 8.78 Å². The summed E-state index contributed by atoms with van der Waals surface area (Å²) in [6.45, 7) is 2.37. The van der Waals surface area contributed by atoms with Crippen LogP contribution in [-0.4, -0.2) is 19.8 Å². The van der Waals surface area contributed by atoms with Crippen LogP contribution in [0, 0.1) is 0 Å². The molecule has 1 heterocycles. The lowest BCUT2D eigenvalue weighted by Crippen LogP contribution is -2.39.